The number of amides is 1. The minimum absolute atomic E-state index is 0.0117. The number of carboxylic acid groups (broad SMARTS) is 2. The molecule has 0 bridgehead atoms. The number of hydrogen-bond donors (Lipinski definition) is 3. The van der Waals surface area contributed by atoms with E-state index in [-0.39, 0.29) is 17.2 Å². The van der Waals surface area contributed by atoms with Crippen LogP contribution in [0.5, 0.6) is 0 Å². The third-order valence-corrected chi connectivity index (χ3v) is 5.43. The molecule has 2 rings (SSSR count). The van der Waals surface area contributed by atoms with Crippen molar-refractivity contribution in [3.63, 3.8) is 0 Å². The molecule has 0 spiro atoms. The first-order valence-electron chi connectivity index (χ1n) is 7.48. The van der Waals surface area contributed by atoms with Gasteiger partial charge in [-0.05, 0) is 37.3 Å². The number of benzene rings is 1. The van der Waals surface area contributed by atoms with E-state index in [1.807, 2.05) is 0 Å². The molecule has 23 heavy (non-hydrogen) atoms. The van der Waals surface area contributed by atoms with Gasteiger partial charge < -0.3 is 15.5 Å². The fraction of sp³-hybridized carbons (Fsp3) is 0.471. The Balaban J connectivity index is 2.26. The average molecular weight is 319 g/mol. The van der Waals surface area contributed by atoms with E-state index in [9.17, 15) is 24.6 Å². The lowest BCUT2D eigenvalue weighted by molar-refractivity contribution is -0.154. The van der Waals surface area contributed by atoms with Crippen LogP contribution < -0.4 is 5.32 Å². The summed E-state index contributed by atoms with van der Waals surface area (Å²) < 4.78 is 0. The lowest BCUT2D eigenvalue weighted by Crippen LogP contribution is -2.43. The Hall–Kier alpha value is -2.37. The highest BCUT2D eigenvalue weighted by atomic mass is 16.4. The molecular formula is C17H21NO5. The van der Waals surface area contributed by atoms with Crippen molar-refractivity contribution in [3.05, 3.63) is 29.8 Å². The summed E-state index contributed by atoms with van der Waals surface area (Å²) in [4.78, 5) is 35.4. The Kier molecular flexibility index (Phi) is 4.20. The van der Waals surface area contributed by atoms with Crippen molar-refractivity contribution in [2.75, 3.05) is 5.32 Å². The predicted octanol–water partition coefficient (Wildman–Crippen LogP) is 2.85. The lowest BCUT2D eigenvalue weighted by Gasteiger charge is -2.37. The Labute approximate surface area is 134 Å². The molecule has 0 saturated heterocycles. The number of carbonyl (C=O) groups excluding carboxylic acids is 1. The number of aromatic carboxylic acids is 1. The van der Waals surface area contributed by atoms with Gasteiger partial charge in [0.05, 0.1) is 16.7 Å². The molecule has 1 fully saturated rings. The Morgan fingerprint density at radius 2 is 1.74 bits per heavy atom. The molecule has 6 heteroatoms. The maximum Gasteiger partial charge on any atom is 0.337 e. The molecule has 0 radical (unpaired) electrons. The normalized spacial score (nSPS) is 25.8. The summed E-state index contributed by atoms with van der Waals surface area (Å²) in [5.41, 5.74) is -1.48. The van der Waals surface area contributed by atoms with Crippen molar-refractivity contribution >= 4 is 23.5 Å². The van der Waals surface area contributed by atoms with Crippen molar-refractivity contribution in [1.82, 2.24) is 0 Å². The molecule has 1 saturated carbocycles. The monoisotopic (exact) mass is 319 g/mol. The average Bonchev–Trinajstić information content (AvgIpc) is 2.71. The summed E-state index contributed by atoms with van der Waals surface area (Å²) >= 11 is 0. The highest BCUT2D eigenvalue weighted by molar-refractivity contribution is 6.01. The van der Waals surface area contributed by atoms with Gasteiger partial charge in [0.2, 0.25) is 5.91 Å². The van der Waals surface area contributed by atoms with E-state index in [1.54, 1.807) is 32.9 Å². The highest BCUT2D eigenvalue weighted by Crippen LogP contribution is 2.56. The number of aliphatic carboxylic acids is 1. The number of para-hydroxylation sites is 1. The standard InChI is InChI=1S/C17H21NO5/c1-16(2)11(8-9-17(16,3)15(22)23)13(19)18-12-7-5-4-6-10(12)14(20)21/h4-7,11H,8-9H2,1-3H3,(H,18,19)(H,20,21)(H,22,23)/t11-,17-/m1/s1. The number of rotatable bonds is 4. The molecule has 3 N–H and O–H groups in total. The van der Waals surface area contributed by atoms with Crippen molar-refractivity contribution in [2.45, 2.75) is 33.6 Å². The molecule has 0 heterocycles. The quantitative estimate of drug-likeness (QED) is 0.791. The van der Waals surface area contributed by atoms with Crippen LogP contribution in [-0.2, 0) is 9.59 Å². The summed E-state index contributed by atoms with van der Waals surface area (Å²) in [7, 11) is 0. The molecule has 1 aliphatic rings. The third-order valence-electron chi connectivity index (χ3n) is 5.43. The molecule has 124 valence electrons. The van der Waals surface area contributed by atoms with E-state index < -0.39 is 28.7 Å². The molecule has 1 amide bonds. The molecule has 0 aromatic heterocycles. The van der Waals surface area contributed by atoms with Gasteiger partial charge in [-0.25, -0.2) is 4.79 Å². The van der Waals surface area contributed by atoms with Gasteiger partial charge in [0.25, 0.3) is 0 Å². The van der Waals surface area contributed by atoms with Gasteiger partial charge in [-0.15, -0.1) is 0 Å². The summed E-state index contributed by atoms with van der Waals surface area (Å²) in [6.45, 7) is 5.22. The molecule has 0 unspecified atom stereocenters. The van der Waals surface area contributed by atoms with E-state index in [1.165, 1.54) is 12.1 Å². The SMILES string of the molecule is CC1(C)[C@@H](C(=O)Nc2ccccc2C(=O)O)CC[C@]1(C)C(=O)O. The number of nitrogens with one attached hydrogen (secondary N) is 1. The fourth-order valence-corrected chi connectivity index (χ4v) is 3.34. The summed E-state index contributed by atoms with van der Waals surface area (Å²) in [5.74, 6) is -2.87. The van der Waals surface area contributed by atoms with Crippen molar-refractivity contribution in [2.24, 2.45) is 16.7 Å². The van der Waals surface area contributed by atoms with Crippen molar-refractivity contribution < 1.29 is 24.6 Å². The van der Waals surface area contributed by atoms with Gasteiger partial charge in [-0.1, -0.05) is 26.0 Å². The number of carbonyl (C=O) groups is 3. The van der Waals surface area contributed by atoms with E-state index in [0.717, 1.165) is 0 Å². The maximum absolute atomic E-state index is 12.6. The van der Waals surface area contributed by atoms with Crippen LogP contribution in [0.25, 0.3) is 0 Å². The summed E-state index contributed by atoms with van der Waals surface area (Å²) in [6, 6.07) is 6.17. The zero-order valence-corrected chi connectivity index (χ0v) is 13.4. The molecular weight excluding hydrogens is 298 g/mol. The van der Waals surface area contributed by atoms with Crippen LogP contribution in [0.3, 0.4) is 0 Å². The fourth-order valence-electron chi connectivity index (χ4n) is 3.34. The van der Waals surface area contributed by atoms with Gasteiger partial charge in [-0.2, -0.15) is 0 Å². The predicted molar refractivity (Wildman–Crippen MR) is 84.3 cm³/mol. The first-order valence-corrected chi connectivity index (χ1v) is 7.48. The second kappa shape index (κ2) is 5.68. The van der Waals surface area contributed by atoms with Crippen molar-refractivity contribution in [3.8, 4) is 0 Å². The zero-order chi connectivity index (χ0) is 17.4. The molecule has 2 atom stereocenters. The van der Waals surface area contributed by atoms with Gasteiger partial charge >= 0.3 is 11.9 Å². The van der Waals surface area contributed by atoms with Gasteiger partial charge in [-0.3, -0.25) is 9.59 Å². The summed E-state index contributed by atoms with van der Waals surface area (Å²) in [5, 5.41) is 21.3. The lowest BCUT2D eigenvalue weighted by atomic mass is 9.65. The van der Waals surface area contributed by atoms with Crippen LogP contribution in [0.1, 0.15) is 44.0 Å². The minimum Gasteiger partial charge on any atom is -0.481 e. The van der Waals surface area contributed by atoms with Crippen LogP contribution in [0.15, 0.2) is 24.3 Å². The summed E-state index contributed by atoms with van der Waals surface area (Å²) in [6.07, 6.45) is 0.866. The van der Waals surface area contributed by atoms with E-state index in [4.69, 9.17) is 0 Å². The maximum atomic E-state index is 12.6. The van der Waals surface area contributed by atoms with Crippen molar-refractivity contribution in [1.29, 1.82) is 0 Å². The second-order valence-corrected chi connectivity index (χ2v) is 6.79. The molecule has 1 aromatic rings. The molecule has 0 aliphatic heterocycles. The number of carboxylic acids is 2. The van der Waals surface area contributed by atoms with E-state index in [0.29, 0.717) is 12.8 Å². The Morgan fingerprint density at radius 3 is 2.26 bits per heavy atom. The molecule has 1 aliphatic carbocycles. The second-order valence-electron chi connectivity index (χ2n) is 6.79. The topological polar surface area (TPSA) is 104 Å². The largest absolute Gasteiger partial charge is 0.481 e. The zero-order valence-electron chi connectivity index (χ0n) is 13.4. The number of anilines is 1. The van der Waals surface area contributed by atoms with Crippen LogP contribution >= 0.6 is 0 Å². The first kappa shape index (κ1) is 17.0. The third kappa shape index (κ3) is 2.69. The van der Waals surface area contributed by atoms with Crippen LogP contribution in [0, 0.1) is 16.7 Å². The number of hydrogen-bond acceptors (Lipinski definition) is 3. The van der Waals surface area contributed by atoms with Crippen LogP contribution in [0.4, 0.5) is 5.69 Å². The van der Waals surface area contributed by atoms with E-state index in [2.05, 4.69) is 5.32 Å². The molecule has 6 nitrogen and oxygen atoms in total. The van der Waals surface area contributed by atoms with Crippen LogP contribution in [-0.4, -0.2) is 28.1 Å². The first-order chi connectivity index (χ1) is 10.6. The van der Waals surface area contributed by atoms with Gasteiger partial charge in [0.1, 0.15) is 0 Å². The minimum atomic E-state index is -1.12. The van der Waals surface area contributed by atoms with E-state index >= 15 is 0 Å². The molecule has 1 aromatic carbocycles. The van der Waals surface area contributed by atoms with Gasteiger partial charge in [0, 0.05) is 5.92 Å². The smallest absolute Gasteiger partial charge is 0.337 e. The Bertz CT molecular complexity index is 667. The van der Waals surface area contributed by atoms with Gasteiger partial charge in [0.15, 0.2) is 0 Å². The Morgan fingerprint density at radius 1 is 1.13 bits per heavy atom. The van der Waals surface area contributed by atoms with Crippen LogP contribution in [0.2, 0.25) is 0 Å². The highest BCUT2D eigenvalue weighted by Gasteiger charge is 2.58.